The first kappa shape index (κ1) is 8.45. The lowest BCUT2D eigenvalue weighted by atomic mass is 10.0. The van der Waals surface area contributed by atoms with Crippen LogP contribution in [0.3, 0.4) is 0 Å². The Morgan fingerprint density at radius 2 is 1.75 bits per heavy atom. The molecule has 0 aromatic rings. The second-order valence-electron chi connectivity index (χ2n) is 4.25. The molecule has 0 bridgehead atoms. The Bertz CT molecular complexity index is 160. The molecule has 0 atom stereocenters. The average Bonchev–Trinajstić information content (AvgIpc) is 1.79. The Hall–Kier alpha value is -0.150. The van der Waals surface area contributed by atoms with Crippen molar-refractivity contribution in [2.24, 2.45) is 0 Å². The van der Waals surface area contributed by atoms with E-state index in [1.807, 2.05) is 0 Å². The fourth-order valence-electron chi connectivity index (χ4n) is 1.89. The minimum atomic E-state index is -0.543. The molecule has 2 heterocycles. The van der Waals surface area contributed by atoms with Crippen LogP contribution in [0.2, 0.25) is 0 Å². The molecule has 0 unspecified atom stereocenters. The maximum Gasteiger partial charge on any atom is 0.125 e. The van der Waals surface area contributed by atoms with Gasteiger partial charge >= 0.3 is 0 Å². The second kappa shape index (κ2) is 2.96. The maximum atomic E-state index is 12.5. The predicted octanol–water partition coefficient (Wildman–Crippen LogP) is 0.733. The van der Waals surface area contributed by atoms with E-state index in [0.29, 0.717) is 25.2 Å². The van der Waals surface area contributed by atoms with Crippen LogP contribution in [0.4, 0.5) is 4.39 Å². The largest absolute Gasteiger partial charge is 0.298 e. The van der Waals surface area contributed by atoms with E-state index in [1.165, 1.54) is 0 Å². The average molecular weight is 172 g/mol. The number of hydrogen-bond acceptors (Lipinski definition) is 2. The summed E-state index contributed by atoms with van der Waals surface area (Å²) in [7, 11) is 0. The van der Waals surface area contributed by atoms with Crippen LogP contribution in [0.15, 0.2) is 0 Å². The molecule has 3 heteroatoms. The molecule has 12 heavy (non-hydrogen) atoms. The lowest BCUT2D eigenvalue weighted by molar-refractivity contribution is -0.0507. The molecule has 0 radical (unpaired) electrons. The molecule has 0 spiro atoms. The third kappa shape index (κ3) is 1.36. The number of hydrogen-bond donors (Lipinski definition) is 0. The van der Waals surface area contributed by atoms with Crippen molar-refractivity contribution in [2.75, 3.05) is 26.2 Å². The minimum Gasteiger partial charge on any atom is -0.298 e. The quantitative estimate of drug-likeness (QED) is 0.606. The van der Waals surface area contributed by atoms with Crippen LogP contribution in [0, 0.1) is 0 Å². The highest BCUT2D eigenvalue weighted by molar-refractivity contribution is 4.95. The number of alkyl halides is 1. The standard InChI is InChI=1S/C9H17FN2/c1-7(2)11-5-9(6-11)12-3-8(10)4-12/h7-9H,3-6H2,1-2H3. The van der Waals surface area contributed by atoms with Gasteiger partial charge in [0.2, 0.25) is 0 Å². The molecule has 0 aliphatic carbocycles. The van der Waals surface area contributed by atoms with Gasteiger partial charge in [-0.1, -0.05) is 0 Å². The van der Waals surface area contributed by atoms with Gasteiger partial charge in [-0.15, -0.1) is 0 Å². The van der Waals surface area contributed by atoms with Crippen molar-refractivity contribution in [3.63, 3.8) is 0 Å². The molecular formula is C9H17FN2. The third-order valence-corrected chi connectivity index (χ3v) is 3.00. The fourth-order valence-corrected chi connectivity index (χ4v) is 1.89. The third-order valence-electron chi connectivity index (χ3n) is 3.00. The van der Waals surface area contributed by atoms with E-state index in [-0.39, 0.29) is 0 Å². The van der Waals surface area contributed by atoms with Crippen LogP contribution >= 0.6 is 0 Å². The predicted molar refractivity (Wildman–Crippen MR) is 47.0 cm³/mol. The SMILES string of the molecule is CC(C)N1CC(N2CC(F)C2)C1. The molecule has 2 nitrogen and oxygen atoms in total. The van der Waals surface area contributed by atoms with E-state index in [2.05, 4.69) is 23.6 Å². The summed E-state index contributed by atoms with van der Waals surface area (Å²) in [5, 5.41) is 0. The van der Waals surface area contributed by atoms with Gasteiger partial charge in [0, 0.05) is 38.3 Å². The monoisotopic (exact) mass is 172 g/mol. The van der Waals surface area contributed by atoms with Crippen LogP contribution in [-0.4, -0.2) is 54.2 Å². The Kier molecular flexibility index (Phi) is 2.09. The van der Waals surface area contributed by atoms with Crippen molar-refractivity contribution in [3.8, 4) is 0 Å². The topological polar surface area (TPSA) is 6.48 Å². The van der Waals surface area contributed by atoms with Gasteiger partial charge in [0.1, 0.15) is 6.17 Å². The van der Waals surface area contributed by atoms with Crippen molar-refractivity contribution >= 4 is 0 Å². The van der Waals surface area contributed by atoms with Crippen molar-refractivity contribution in [2.45, 2.75) is 32.1 Å². The van der Waals surface area contributed by atoms with E-state index >= 15 is 0 Å². The highest BCUT2D eigenvalue weighted by Gasteiger charge is 2.39. The Morgan fingerprint density at radius 3 is 2.17 bits per heavy atom. The van der Waals surface area contributed by atoms with Crippen molar-refractivity contribution in [3.05, 3.63) is 0 Å². The van der Waals surface area contributed by atoms with Gasteiger partial charge in [-0.3, -0.25) is 9.80 Å². The van der Waals surface area contributed by atoms with E-state index in [9.17, 15) is 4.39 Å². The molecule has 2 aliphatic heterocycles. The summed E-state index contributed by atoms with van der Waals surface area (Å²) in [6.45, 7) is 8.07. The second-order valence-corrected chi connectivity index (χ2v) is 4.25. The van der Waals surface area contributed by atoms with Gasteiger partial charge in [0.05, 0.1) is 0 Å². The van der Waals surface area contributed by atoms with Gasteiger partial charge in [-0.05, 0) is 13.8 Å². The molecule has 0 saturated carbocycles. The Balaban J connectivity index is 1.68. The van der Waals surface area contributed by atoms with E-state index in [1.54, 1.807) is 0 Å². The number of halogens is 1. The Labute approximate surface area is 73.3 Å². The number of rotatable bonds is 2. The molecule has 0 N–H and O–H groups in total. The van der Waals surface area contributed by atoms with Crippen molar-refractivity contribution < 1.29 is 4.39 Å². The molecule has 2 saturated heterocycles. The summed E-state index contributed by atoms with van der Waals surface area (Å²) in [6.07, 6.45) is -0.543. The zero-order valence-corrected chi connectivity index (χ0v) is 7.83. The van der Waals surface area contributed by atoms with Crippen molar-refractivity contribution in [1.82, 2.24) is 9.80 Å². The molecule has 70 valence electrons. The molecule has 0 amide bonds. The molecule has 2 aliphatic rings. The van der Waals surface area contributed by atoms with Gasteiger partial charge in [0.25, 0.3) is 0 Å². The van der Waals surface area contributed by atoms with Crippen LogP contribution in [0.5, 0.6) is 0 Å². The summed E-state index contributed by atoms with van der Waals surface area (Å²) in [4.78, 5) is 4.68. The smallest absolute Gasteiger partial charge is 0.125 e. The van der Waals surface area contributed by atoms with E-state index in [0.717, 1.165) is 13.1 Å². The Morgan fingerprint density at radius 1 is 1.17 bits per heavy atom. The lowest BCUT2D eigenvalue weighted by Crippen LogP contribution is -2.66. The molecule has 2 fully saturated rings. The first-order valence-corrected chi connectivity index (χ1v) is 4.79. The highest BCUT2D eigenvalue weighted by atomic mass is 19.1. The summed E-state index contributed by atoms with van der Waals surface area (Å²) in [5.74, 6) is 0. The zero-order valence-electron chi connectivity index (χ0n) is 7.83. The van der Waals surface area contributed by atoms with E-state index < -0.39 is 6.17 Å². The van der Waals surface area contributed by atoms with Crippen LogP contribution < -0.4 is 0 Å². The first-order valence-electron chi connectivity index (χ1n) is 4.79. The molecule has 0 aromatic carbocycles. The molecular weight excluding hydrogens is 155 g/mol. The molecule has 2 rings (SSSR count). The number of likely N-dealkylation sites (tertiary alicyclic amines) is 2. The van der Waals surface area contributed by atoms with Crippen LogP contribution in [-0.2, 0) is 0 Å². The van der Waals surface area contributed by atoms with Gasteiger partial charge in [0.15, 0.2) is 0 Å². The summed E-state index contributed by atoms with van der Waals surface area (Å²) in [6, 6.07) is 1.31. The first-order chi connectivity index (χ1) is 5.66. The molecule has 0 aromatic heterocycles. The maximum absolute atomic E-state index is 12.5. The summed E-state index contributed by atoms with van der Waals surface area (Å²) in [5.41, 5.74) is 0. The highest BCUT2D eigenvalue weighted by Crippen LogP contribution is 2.23. The van der Waals surface area contributed by atoms with Gasteiger partial charge in [-0.2, -0.15) is 0 Å². The van der Waals surface area contributed by atoms with Crippen molar-refractivity contribution in [1.29, 1.82) is 0 Å². The summed E-state index contributed by atoms with van der Waals surface area (Å²) >= 11 is 0. The lowest BCUT2D eigenvalue weighted by Gasteiger charge is -2.51. The fraction of sp³-hybridized carbons (Fsp3) is 1.00. The normalized spacial score (nSPS) is 29.0. The van der Waals surface area contributed by atoms with Gasteiger partial charge in [-0.25, -0.2) is 4.39 Å². The van der Waals surface area contributed by atoms with E-state index in [4.69, 9.17) is 0 Å². The number of nitrogens with zero attached hydrogens (tertiary/aromatic N) is 2. The summed E-state index contributed by atoms with van der Waals surface area (Å²) < 4.78 is 12.5. The van der Waals surface area contributed by atoms with Crippen LogP contribution in [0.25, 0.3) is 0 Å². The van der Waals surface area contributed by atoms with Crippen LogP contribution in [0.1, 0.15) is 13.8 Å². The van der Waals surface area contributed by atoms with Gasteiger partial charge < -0.3 is 0 Å². The zero-order chi connectivity index (χ0) is 8.72. The minimum absolute atomic E-state index is 0.543.